The second kappa shape index (κ2) is 5.19. The van der Waals surface area contributed by atoms with Crippen molar-refractivity contribution in [1.82, 2.24) is 19.4 Å². The van der Waals surface area contributed by atoms with Crippen molar-refractivity contribution in [2.24, 2.45) is 5.92 Å². The molecule has 1 unspecified atom stereocenters. The van der Waals surface area contributed by atoms with E-state index >= 15 is 0 Å². The third kappa shape index (κ3) is 2.28. The number of carbonyl (C=O) groups is 1. The molecule has 0 radical (unpaired) electrons. The van der Waals surface area contributed by atoms with Crippen LogP contribution in [-0.4, -0.2) is 38.4 Å². The molecule has 1 saturated carbocycles. The van der Waals surface area contributed by atoms with Gasteiger partial charge in [-0.3, -0.25) is 19.1 Å². The van der Waals surface area contributed by atoms with Gasteiger partial charge < -0.3 is 4.90 Å². The minimum absolute atomic E-state index is 0.0222. The highest BCUT2D eigenvalue weighted by atomic mass is 16.2. The molecule has 0 aromatic carbocycles. The van der Waals surface area contributed by atoms with E-state index in [1.807, 2.05) is 4.90 Å². The van der Waals surface area contributed by atoms with Crippen LogP contribution in [0.3, 0.4) is 0 Å². The number of aromatic nitrogens is 3. The van der Waals surface area contributed by atoms with Gasteiger partial charge in [0.1, 0.15) is 0 Å². The summed E-state index contributed by atoms with van der Waals surface area (Å²) < 4.78 is 1.69. The standard InChI is InChI=1S/C16H18N4O2/c21-15(11-3-4-11)19-7-1-2-12(9-19)20-10-18-14-8-17-6-5-13(14)16(20)22/h5-6,8,10-12H,1-4,7,9H2. The lowest BCUT2D eigenvalue weighted by Gasteiger charge is -2.33. The zero-order valence-corrected chi connectivity index (χ0v) is 12.3. The van der Waals surface area contributed by atoms with Crippen molar-refractivity contribution in [2.45, 2.75) is 31.7 Å². The Morgan fingerprint density at radius 3 is 2.95 bits per heavy atom. The molecule has 1 aliphatic carbocycles. The number of hydrogen-bond donors (Lipinski definition) is 0. The van der Waals surface area contributed by atoms with E-state index in [1.54, 1.807) is 29.4 Å². The van der Waals surface area contributed by atoms with Crippen molar-refractivity contribution in [3.63, 3.8) is 0 Å². The van der Waals surface area contributed by atoms with Crippen LogP contribution in [0.25, 0.3) is 10.9 Å². The molecule has 1 aliphatic heterocycles. The molecule has 0 N–H and O–H groups in total. The third-order valence-corrected chi connectivity index (χ3v) is 4.61. The molecule has 22 heavy (non-hydrogen) atoms. The average molecular weight is 298 g/mol. The van der Waals surface area contributed by atoms with Crippen molar-refractivity contribution in [2.75, 3.05) is 13.1 Å². The summed E-state index contributed by atoms with van der Waals surface area (Å²) in [7, 11) is 0. The van der Waals surface area contributed by atoms with Crippen LogP contribution in [0.5, 0.6) is 0 Å². The maximum atomic E-state index is 12.6. The van der Waals surface area contributed by atoms with Crippen LogP contribution in [0.4, 0.5) is 0 Å². The molecule has 2 aromatic heterocycles. The Morgan fingerprint density at radius 2 is 2.14 bits per heavy atom. The van der Waals surface area contributed by atoms with Gasteiger partial charge in [-0.25, -0.2) is 4.98 Å². The van der Waals surface area contributed by atoms with Crippen LogP contribution in [0, 0.1) is 5.92 Å². The molecule has 4 rings (SSSR count). The summed E-state index contributed by atoms with van der Waals surface area (Å²) in [5, 5.41) is 0.586. The number of pyridine rings is 1. The van der Waals surface area contributed by atoms with E-state index in [9.17, 15) is 9.59 Å². The lowest BCUT2D eigenvalue weighted by atomic mass is 10.0. The maximum Gasteiger partial charge on any atom is 0.261 e. The van der Waals surface area contributed by atoms with Gasteiger partial charge in [0.05, 0.1) is 29.5 Å². The average Bonchev–Trinajstić information content (AvgIpc) is 3.40. The molecule has 6 heteroatoms. The smallest absolute Gasteiger partial charge is 0.261 e. The fourth-order valence-corrected chi connectivity index (χ4v) is 3.22. The summed E-state index contributed by atoms with van der Waals surface area (Å²) in [6.07, 6.45) is 8.69. The van der Waals surface area contributed by atoms with Crippen molar-refractivity contribution in [1.29, 1.82) is 0 Å². The van der Waals surface area contributed by atoms with Crippen LogP contribution in [0.2, 0.25) is 0 Å². The van der Waals surface area contributed by atoms with Gasteiger partial charge in [0, 0.05) is 25.2 Å². The van der Waals surface area contributed by atoms with E-state index in [0.717, 1.165) is 32.2 Å². The number of piperidine rings is 1. The number of amides is 1. The topological polar surface area (TPSA) is 68.1 Å². The van der Waals surface area contributed by atoms with E-state index < -0.39 is 0 Å². The fraction of sp³-hybridized carbons (Fsp3) is 0.500. The number of fused-ring (bicyclic) bond motifs is 1. The summed E-state index contributed by atoms with van der Waals surface area (Å²) in [4.78, 5) is 35.1. The van der Waals surface area contributed by atoms with Crippen LogP contribution in [-0.2, 0) is 4.79 Å². The molecule has 1 amide bonds. The molecule has 0 bridgehead atoms. The van der Waals surface area contributed by atoms with Gasteiger partial charge in [0.25, 0.3) is 5.56 Å². The van der Waals surface area contributed by atoms with Gasteiger partial charge in [-0.1, -0.05) is 0 Å². The van der Waals surface area contributed by atoms with Crippen LogP contribution < -0.4 is 5.56 Å². The van der Waals surface area contributed by atoms with Gasteiger partial charge in [0.15, 0.2) is 0 Å². The summed E-state index contributed by atoms with van der Waals surface area (Å²) in [6.45, 7) is 1.43. The quantitative estimate of drug-likeness (QED) is 0.839. The lowest BCUT2D eigenvalue weighted by Crippen LogP contribution is -2.43. The number of nitrogens with zero attached hydrogens (tertiary/aromatic N) is 4. The van der Waals surface area contributed by atoms with Crippen molar-refractivity contribution in [3.05, 3.63) is 35.1 Å². The van der Waals surface area contributed by atoms with Gasteiger partial charge in [-0.2, -0.15) is 0 Å². The van der Waals surface area contributed by atoms with Gasteiger partial charge in [-0.15, -0.1) is 0 Å². The van der Waals surface area contributed by atoms with E-state index in [4.69, 9.17) is 0 Å². The number of carbonyl (C=O) groups excluding carboxylic acids is 1. The fourth-order valence-electron chi connectivity index (χ4n) is 3.22. The molecule has 0 spiro atoms. The molecule has 1 atom stereocenters. The van der Waals surface area contributed by atoms with Crippen molar-refractivity contribution >= 4 is 16.8 Å². The monoisotopic (exact) mass is 298 g/mol. The number of rotatable bonds is 2. The highest BCUT2D eigenvalue weighted by Gasteiger charge is 2.35. The van der Waals surface area contributed by atoms with E-state index in [0.29, 0.717) is 17.4 Å². The van der Waals surface area contributed by atoms with Crippen LogP contribution in [0.15, 0.2) is 29.6 Å². The second-order valence-electron chi connectivity index (χ2n) is 6.20. The Morgan fingerprint density at radius 1 is 1.27 bits per heavy atom. The molecule has 2 aliphatic rings. The zero-order valence-electron chi connectivity index (χ0n) is 12.3. The van der Waals surface area contributed by atoms with Gasteiger partial charge >= 0.3 is 0 Å². The second-order valence-corrected chi connectivity index (χ2v) is 6.20. The van der Waals surface area contributed by atoms with Crippen molar-refractivity contribution < 1.29 is 4.79 Å². The van der Waals surface area contributed by atoms with Gasteiger partial charge in [-0.05, 0) is 31.7 Å². The Labute approximate surface area is 127 Å². The molecule has 1 saturated heterocycles. The Kier molecular flexibility index (Phi) is 3.17. The predicted molar refractivity (Wildman–Crippen MR) is 81.4 cm³/mol. The summed E-state index contributed by atoms with van der Waals surface area (Å²) in [6, 6.07) is 1.73. The Balaban J connectivity index is 1.64. The van der Waals surface area contributed by atoms with E-state index in [2.05, 4.69) is 9.97 Å². The summed E-state index contributed by atoms with van der Waals surface area (Å²) in [5.41, 5.74) is 0.573. The first-order chi connectivity index (χ1) is 10.7. The minimum Gasteiger partial charge on any atom is -0.340 e. The Hall–Kier alpha value is -2.24. The normalized spacial score (nSPS) is 22.0. The molecular formula is C16H18N4O2. The molecule has 6 nitrogen and oxygen atoms in total. The molecule has 114 valence electrons. The highest BCUT2D eigenvalue weighted by Crippen LogP contribution is 2.33. The highest BCUT2D eigenvalue weighted by molar-refractivity contribution is 5.81. The minimum atomic E-state index is -0.0434. The summed E-state index contributed by atoms with van der Waals surface area (Å²) >= 11 is 0. The number of likely N-dealkylation sites (tertiary alicyclic amines) is 1. The molecule has 2 aromatic rings. The molecule has 3 heterocycles. The number of hydrogen-bond acceptors (Lipinski definition) is 4. The third-order valence-electron chi connectivity index (χ3n) is 4.61. The molecular weight excluding hydrogens is 280 g/mol. The van der Waals surface area contributed by atoms with E-state index in [-0.39, 0.29) is 23.4 Å². The van der Waals surface area contributed by atoms with Gasteiger partial charge in [0.2, 0.25) is 5.91 Å². The van der Waals surface area contributed by atoms with Crippen LogP contribution >= 0.6 is 0 Å². The van der Waals surface area contributed by atoms with Crippen LogP contribution in [0.1, 0.15) is 31.7 Å². The lowest BCUT2D eigenvalue weighted by molar-refractivity contribution is -0.134. The largest absolute Gasteiger partial charge is 0.340 e. The maximum absolute atomic E-state index is 12.6. The predicted octanol–water partition coefficient (Wildman–Crippen LogP) is 1.36. The summed E-state index contributed by atoms with van der Waals surface area (Å²) in [5.74, 6) is 0.493. The Bertz CT molecular complexity index is 781. The first-order valence-corrected chi connectivity index (χ1v) is 7.83. The van der Waals surface area contributed by atoms with Crippen molar-refractivity contribution in [3.8, 4) is 0 Å². The zero-order chi connectivity index (χ0) is 15.1. The van der Waals surface area contributed by atoms with E-state index in [1.165, 1.54) is 0 Å². The molecule has 2 fully saturated rings. The first-order valence-electron chi connectivity index (χ1n) is 7.83. The first kappa shape index (κ1) is 13.4. The SMILES string of the molecule is O=C(C1CC1)N1CCCC(n2cnc3cnccc3c2=O)C1.